The molecule has 0 bridgehead atoms. The zero-order valence-electron chi connectivity index (χ0n) is 15.6. The standard InChI is InChI=1S/C17H28O8/c1-14(2)21-10-8-19-17(12-9(7-18)20-15(3,4)23-12)13(11(10)22-14)24-16(5,6)25-17/h9-13,18H,7-8H2,1-6H3/t9-,10?,11?,12-,13?,17?/m1/s1. The molecule has 0 aromatic heterocycles. The van der Waals surface area contributed by atoms with Crippen molar-refractivity contribution in [3.05, 3.63) is 0 Å². The first kappa shape index (κ1) is 18.1. The van der Waals surface area contributed by atoms with Gasteiger partial charge in [0.1, 0.15) is 30.5 Å². The van der Waals surface area contributed by atoms with Gasteiger partial charge in [0, 0.05) is 0 Å². The van der Waals surface area contributed by atoms with Crippen LogP contribution in [0.1, 0.15) is 41.5 Å². The van der Waals surface area contributed by atoms with E-state index in [-0.39, 0.29) is 25.4 Å². The van der Waals surface area contributed by atoms with E-state index in [1.807, 2.05) is 27.7 Å². The SMILES string of the molecule is CC1(C)OC2COC3([C@@H]4OC(C)(C)O[C@@H]4CO)OC(C)(C)OC3C2O1. The molecule has 1 N–H and O–H groups in total. The van der Waals surface area contributed by atoms with Crippen molar-refractivity contribution in [2.75, 3.05) is 13.2 Å². The van der Waals surface area contributed by atoms with E-state index in [0.717, 1.165) is 0 Å². The summed E-state index contributed by atoms with van der Waals surface area (Å²) in [4.78, 5) is 0. The molecule has 4 unspecified atom stereocenters. The van der Waals surface area contributed by atoms with Gasteiger partial charge in [-0.25, -0.2) is 0 Å². The molecular weight excluding hydrogens is 332 g/mol. The summed E-state index contributed by atoms with van der Waals surface area (Å²) >= 11 is 0. The van der Waals surface area contributed by atoms with Crippen molar-refractivity contribution < 1.29 is 38.3 Å². The predicted molar refractivity (Wildman–Crippen MR) is 83.5 cm³/mol. The molecule has 0 aromatic carbocycles. The maximum absolute atomic E-state index is 9.80. The summed E-state index contributed by atoms with van der Waals surface area (Å²) in [6.07, 6.45) is -2.44. The molecule has 0 amide bonds. The average molecular weight is 360 g/mol. The monoisotopic (exact) mass is 360 g/mol. The molecule has 144 valence electrons. The van der Waals surface area contributed by atoms with Crippen LogP contribution in [0.2, 0.25) is 0 Å². The fourth-order valence-corrected chi connectivity index (χ4v) is 4.33. The Balaban J connectivity index is 1.71. The predicted octanol–water partition coefficient (Wildman–Crippen LogP) is 0.897. The number of aliphatic hydroxyl groups excluding tert-OH is 1. The summed E-state index contributed by atoms with van der Waals surface area (Å²) in [6, 6.07) is 0. The first-order valence-corrected chi connectivity index (χ1v) is 8.81. The van der Waals surface area contributed by atoms with Crippen molar-refractivity contribution in [2.45, 2.75) is 95.2 Å². The van der Waals surface area contributed by atoms with Gasteiger partial charge >= 0.3 is 0 Å². The van der Waals surface area contributed by atoms with Crippen LogP contribution in [0.4, 0.5) is 0 Å². The molecule has 0 radical (unpaired) electrons. The molecule has 25 heavy (non-hydrogen) atoms. The molecule has 4 rings (SSSR count). The summed E-state index contributed by atoms with van der Waals surface area (Å²) in [7, 11) is 0. The van der Waals surface area contributed by atoms with Gasteiger partial charge in [-0.05, 0) is 41.5 Å². The number of fused-ring (bicyclic) bond motifs is 3. The Morgan fingerprint density at radius 1 is 0.800 bits per heavy atom. The van der Waals surface area contributed by atoms with Gasteiger partial charge in [0.25, 0.3) is 0 Å². The van der Waals surface area contributed by atoms with Crippen LogP contribution in [0, 0.1) is 0 Å². The van der Waals surface area contributed by atoms with Gasteiger partial charge < -0.3 is 38.3 Å². The van der Waals surface area contributed by atoms with Crippen LogP contribution >= 0.6 is 0 Å². The van der Waals surface area contributed by atoms with Gasteiger partial charge in [-0.2, -0.15) is 0 Å². The van der Waals surface area contributed by atoms with Gasteiger partial charge in [0.15, 0.2) is 17.4 Å². The Morgan fingerprint density at radius 2 is 1.44 bits per heavy atom. The van der Waals surface area contributed by atoms with Gasteiger partial charge in [-0.3, -0.25) is 0 Å². The molecule has 0 aliphatic carbocycles. The quantitative estimate of drug-likeness (QED) is 0.777. The van der Waals surface area contributed by atoms with E-state index >= 15 is 0 Å². The van der Waals surface area contributed by atoms with E-state index in [4.69, 9.17) is 33.2 Å². The smallest absolute Gasteiger partial charge is 0.230 e. The largest absolute Gasteiger partial charge is 0.394 e. The number of hydrogen-bond acceptors (Lipinski definition) is 8. The minimum absolute atomic E-state index is 0.216. The summed E-state index contributed by atoms with van der Waals surface area (Å²) in [6.45, 7) is 11.0. The molecule has 4 saturated heterocycles. The van der Waals surface area contributed by atoms with Crippen LogP contribution in [-0.4, -0.2) is 72.0 Å². The highest BCUT2D eigenvalue weighted by Gasteiger charge is 2.71. The van der Waals surface area contributed by atoms with Crippen LogP contribution in [0.5, 0.6) is 0 Å². The van der Waals surface area contributed by atoms with Crippen molar-refractivity contribution in [2.24, 2.45) is 0 Å². The van der Waals surface area contributed by atoms with Crippen LogP contribution < -0.4 is 0 Å². The normalized spacial score (nSPS) is 49.8. The van der Waals surface area contributed by atoms with Crippen molar-refractivity contribution >= 4 is 0 Å². The fourth-order valence-electron chi connectivity index (χ4n) is 4.33. The number of hydrogen-bond donors (Lipinski definition) is 1. The Labute approximate surface area is 147 Å². The maximum atomic E-state index is 9.80. The molecule has 0 aromatic rings. The molecule has 6 atom stereocenters. The number of rotatable bonds is 2. The van der Waals surface area contributed by atoms with Crippen molar-refractivity contribution in [1.82, 2.24) is 0 Å². The van der Waals surface area contributed by atoms with Crippen molar-refractivity contribution in [3.63, 3.8) is 0 Å². The molecule has 4 heterocycles. The van der Waals surface area contributed by atoms with E-state index < -0.39 is 41.5 Å². The molecular formula is C17H28O8. The van der Waals surface area contributed by atoms with Crippen LogP contribution in [-0.2, 0) is 33.2 Å². The Kier molecular flexibility index (Phi) is 3.87. The minimum atomic E-state index is -1.24. The van der Waals surface area contributed by atoms with E-state index in [9.17, 15) is 5.11 Å². The number of aliphatic hydroxyl groups is 1. The Morgan fingerprint density at radius 3 is 2.12 bits per heavy atom. The Bertz CT molecular complexity index is 547. The van der Waals surface area contributed by atoms with Gasteiger partial charge in [-0.15, -0.1) is 0 Å². The second-order valence-corrected chi connectivity index (χ2v) is 8.49. The fraction of sp³-hybridized carbons (Fsp3) is 1.00. The van der Waals surface area contributed by atoms with Crippen molar-refractivity contribution in [3.8, 4) is 0 Å². The van der Waals surface area contributed by atoms with E-state index in [0.29, 0.717) is 0 Å². The lowest BCUT2D eigenvalue weighted by Gasteiger charge is -2.44. The highest BCUT2D eigenvalue weighted by atomic mass is 16.9. The molecule has 8 nitrogen and oxygen atoms in total. The summed E-state index contributed by atoms with van der Waals surface area (Å²) in [5.41, 5.74) is 0. The maximum Gasteiger partial charge on any atom is 0.230 e. The van der Waals surface area contributed by atoms with Gasteiger partial charge in [-0.1, -0.05) is 0 Å². The third kappa shape index (κ3) is 2.83. The van der Waals surface area contributed by atoms with E-state index in [1.54, 1.807) is 13.8 Å². The number of ether oxygens (including phenoxy) is 7. The van der Waals surface area contributed by atoms with Crippen molar-refractivity contribution in [1.29, 1.82) is 0 Å². The van der Waals surface area contributed by atoms with E-state index in [1.165, 1.54) is 0 Å². The summed E-state index contributed by atoms with van der Waals surface area (Å²) in [5, 5.41) is 9.80. The molecule has 4 fully saturated rings. The second-order valence-electron chi connectivity index (χ2n) is 8.49. The van der Waals surface area contributed by atoms with Gasteiger partial charge in [0.2, 0.25) is 5.79 Å². The lowest BCUT2D eigenvalue weighted by atomic mass is 9.90. The Hall–Kier alpha value is -0.320. The third-order valence-corrected chi connectivity index (χ3v) is 4.97. The molecule has 4 aliphatic rings. The molecule has 0 spiro atoms. The molecule has 8 heteroatoms. The third-order valence-electron chi connectivity index (χ3n) is 4.97. The van der Waals surface area contributed by atoms with Gasteiger partial charge in [0.05, 0.1) is 13.2 Å². The first-order valence-electron chi connectivity index (χ1n) is 8.81. The zero-order valence-corrected chi connectivity index (χ0v) is 15.6. The zero-order chi connectivity index (χ0) is 18.3. The topological polar surface area (TPSA) is 84.8 Å². The summed E-state index contributed by atoms with van der Waals surface area (Å²) in [5.74, 6) is -3.73. The highest BCUT2D eigenvalue weighted by molar-refractivity contribution is 5.09. The van der Waals surface area contributed by atoms with Crippen LogP contribution in [0.15, 0.2) is 0 Å². The first-order chi connectivity index (χ1) is 11.5. The lowest BCUT2D eigenvalue weighted by Crippen LogP contribution is -2.66. The minimum Gasteiger partial charge on any atom is -0.394 e. The van der Waals surface area contributed by atoms with Crippen LogP contribution in [0.3, 0.4) is 0 Å². The highest BCUT2D eigenvalue weighted by Crippen LogP contribution is 2.52. The van der Waals surface area contributed by atoms with E-state index in [2.05, 4.69) is 0 Å². The average Bonchev–Trinajstić information content (AvgIpc) is 3.05. The van der Waals surface area contributed by atoms with Crippen LogP contribution in [0.25, 0.3) is 0 Å². The molecule has 0 saturated carbocycles. The lowest BCUT2D eigenvalue weighted by molar-refractivity contribution is -0.327. The molecule has 4 aliphatic heterocycles. The summed E-state index contributed by atoms with van der Waals surface area (Å²) < 4.78 is 42.5. The second kappa shape index (κ2) is 5.36.